The van der Waals surface area contributed by atoms with Crippen molar-refractivity contribution in [1.82, 2.24) is 4.98 Å². The van der Waals surface area contributed by atoms with Gasteiger partial charge in [0, 0.05) is 15.5 Å². The number of halogens is 1. The second-order valence-corrected chi connectivity index (χ2v) is 6.61. The van der Waals surface area contributed by atoms with Gasteiger partial charge in [-0.1, -0.05) is 22.0 Å². The maximum Gasteiger partial charge on any atom is 0.267 e. The topological polar surface area (TPSA) is 118 Å². The molecule has 0 aliphatic rings. The second-order valence-electron chi connectivity index (χ2n) is 4.70. The fourth-order valence-corrected chi connectivity index (χ4v) is 3.45. The number of nitrogens with one attached hydrogen (secondary N) is 1. The SMILES string of the molecule is N#Cc1cc2c(N)c(C(=O)Nc3cccc(Br)c3)sc2nc1N. The molecule has 0 unspecified atom stereocenters. The van der Waals surface area contributed by atoms with Crippen LogP contribution in [0, 0.1) is 11.3 Å². The molecule has 1 amide bonds. The number of nitrogen functional groups attached to an aromatic ring is 2. The number of amides is 1. The van der Waals surface area contributed by atoms with Gasteiger partial charge in [0.15, 0.2) is 0 Å². The third-order valence-electron chi connectivity index (χ3n) is 3.16. The summed E-state index contributed by atoms with van der Waals surface area (Å²) in [5.41, 5.74) is 12.9. The molecule has 6 nitrogen and oxygen atoms in total. The Morgan fingerprint density at radius 3 is 2.83 bits per heavy atom. The van der Waals surface area contributed by atoms with Crippen molar-refractivity contribution < 1.29 is 4.79 Å². The van der Waals surface area contributed by atoms with Gasteiger partial charge >= 0.3 is 0 Å². The minimum absolute atomic E-state index is 0.125. The van der Waals surface area contributed by atoms with Crippen LogP contribution >= 0.6 is 27.3 Å². The van der Waals surface area contributed by atoms with Crippen LogP contribution in [0.4, 0.5) is 17.2 Å². The van der Waals surface area contributed by atoms with Gasteiger partial charge < -0.3 is 16.8 Å². The Balaban J connectivity index is 2.01. The summed E-state index contributed by atoms with van der Waals surface area (Å²) in [5, 5.41) is 12.4. The number of hydrogen-bond donors (Lipinski definition) is 3. The molecule has 3 aromatic rings. The fraction of sp³-hybridized carbons (Fsp3) is 0. The third kappa shape index (κ3) is 2.84. The Labute approximate surface area is 143 Å². The zero-order valence-electron chi connectivity index (χ0n) is 11.6. The summed E-state index contributed by atoms with van der Waals surface area (Å²) in [6.07, 6.45) is 0. The number of nitriles is 1. The van der Waals surface area contributed by atoms with Crippen molar-refractivity contribution in [3.63, 3.8) is 0 Å². The average Bonchev–Trinajstić information content (AvgIpc) is 2.82. The molecular formula is C15H10BrN5OS. The van der Waals surface area contributed by atoms with Crippen LogP contribution in [0.3, 0.4) is 0 Å². The van der Waals surface area contributed by atoms with Crippen molar-refractivity contribution in [2.45, 2.75) is 0 Å². The van der Waals surface area contributed by atoms with E-state index in [1.54, 1.807) is 18.2 Å². The molecule has 2 heterocycles. The van der Waals surface area contributed by atoms with Gasteiger partial charge in [-0.05, 0) is 24.3 Å². The number of rotatable bonds is 2. The number of aromatic nitrogens is 1. The summed E-state index contributed by atoms with van der Waals surface area (Å²) in [5.74, 6) is -0.208. The predicted octanol–water partition coefficient (Wildman–Crippen LogP) is 3.35. The summed E-state index contributed by atoms with van der Waals surface area (Å²) in [7, 11) is 0. The highest BCUT2D eigenvalue weighted by atomic mass is 79.9. The van der Waals surface area contributed by atoms with E-state index >= 15 is 0 Å². The quantitative estimate of drug-likeness (QED) is 0.622. The normalized spacial score (nSPS) is 10.4. The van der Waals surface area contributed by atoms with E-state index < -0.39 is 0 Å². The number of pyridine rings is 1. The molecule has 1 aromatic carbocycles. The molecule has 0 spiro atoms. The van der Waals surface area contributed by atoms with E-state index in [1.165, 1.54) is 0 Å². The summed E-state index contributed by atoms with van der Waals surface area (Å²) in [4.78, 5) is 17.4. The predicted molar refractivity (Wildman–Crippen MR) is 95.3 cm³/mol. The molecule has 0 saturated heterocycles. The van der Waals surface area contributed by atoms with Gasteiger partial charge in [0.05, 0.1) is 11.3 Å². The first-order chi connectivity index (χ1) is 11.0. The molecule has 114 valence electrons. The van der Waals surface area contributed by atoms with Crippen LogP contribution in [0.2, 0.25) is 0 Å². The molecule has 5 N–H and O–H groups in total. The minimum Gasteiger partial charge on any atom is -0.397 e. The minimum atomic E-state index is -0.333. The van der Waals surface area contributed by atoms with E-state index in [-0.39, 0.29) is 17.3 Å². The number of hydrogen-bond acceptors (Lipinski definition) is 6. The van der Waals surface area contributed by atoms with Gasteiger partial charge in [-0.3, -0.25) is 4.79 Å². The van der Waals surface area contributed by atoms with Crippen LogP contribution in [0.15, 0.2) is 34.8 Å². The Morgan fingerprint density at radius 2 is 2.13 bits per heavy atom. The molecule has 0 atom stereocenters. The van der Waals surface area contributed by atoms with Crippen molar-refractivity contribution >= 4 is 60.6 Å². The molecule has 0 aliphatic carbocycles. The number of nitrogens with two attached hydrogens (primary N) is 2. The number of carbonyl (C=O) groups is 1. The number of thiophene rings is 1. The lowest BCUT2D eigenvalue weighted by Gasteiger charge is -2.04. The molecule has 2 aromatic heterocycles. The first kappa shape index (κ1) is 15.3. The van der Waals surface area contributed by atoms with Gasteiger partial charge in [0.1, 0.15) is 21.6 Å². The molecule has 0 aliphatic heterocycles. The van der Waals surface area contributed by atoms with E-state index in [0.717, 1.165) is 15.8 Å². The largest absolute Gasteiger partial charge is 0.397 e. The monoisotopic (exact) mass is 387 g/mol. The molecule has 8 heteroatoms. The van der Waals surface area contributed by atoms with E-state index in [4.69, 9.17) is 16.7 Å². The number of carbonyl (C=O) groups excluding carboxylic acids is 1. The van der Waals surface area contributed by atoms with Crippen LogP contribution in [0.25, 0.3) is 10.2 Å². The lowest BCUT2D eigenvalue weighted by atomic mass is 10.2. The zero-order chi connectivity index (χ0) is 16.6. The first-order valence-electron chi connectivity index (χ1n) is 6.45. The van der Waals surface area contributed by atoms with Crippen molar-refractivity contribution in [1.29, 1.82) is 5.26 Å². The van der Waals surface area contributed by atoms with Gasteiger partial charge in [-0.25, -0.2) is 4.98 Å². The highest BCUT2D eigenvalue weighted by molar-refractivity contribution is 9.10. The Morgan fingerprint density at radius 1 is 1.35 bits per heavy atom. The second kappa shape index (κ2) is 5.87. The van der Waals surface area contributed by atoms with Crippen molar-refractivity contribution in [2.75, 3.05) is 16.8 Å². The Kier molecular flexibility index (Phi) is 3.90. The van der Waals surface area contributed by atoms with E-state index in [2.05, 4.69) is 26.2 Å². The molecule has 0 radical (unpaired) electrons. The smallest absolute Gasteiger partial charge is 0.267 e. The maximum atomic E-state index is 12.4. The average molecular weight is 388 g/mol. The van der Waals surface area contributed by atoms with E-state index in [9.17, 15) is 4.79 Å². The van der Waals surface area contributed by atoms with Crippen molar-refractivity contribution in [3.05, 3.63) is 45.2 Å². The van der Waals surface area contributed by atoms with Crippen molar-refractivity contribution in [2.24, 2.45) is 0 Å². The maximum absolute atomic E-state index is 12.4. The van der Waals surface area contributed by atoms with Gasteiger partial charge in [0.25, 0.3) is 5.91 Å². The lowest BCUT2D eigenvalue weighted by Crippen LogP contribution is -2.11. The molecule has 0 saturated carbocycles. The van der Waals surface area contributed by atoms with Crippen LogP contribution in [-0.4, -0.2) is 10.9 Å². The van der Waals surface area contributed by atoms with Gasteiger partial charge in [-0.2, -0.15) is 5.26 Å². The van der Waals surface area contributed by atoms with Crippen LogP contribution < -0.4 is 16.8 Å². The highest BCUT2D eigenvalue weighted by Gasteiger charge is 2.19. The highest BCUT2D eigenvalue weighted by Crippen LogP contribution is 2.34. The zero-order valence-corrected chi connectivity index (χ0v) is 14.0. The number of anilines is 3. The van der Waals surface area contributed by atoms with Crippen LogP contribution in [0.1, 0.15) is 15.2 Å². The van der Waals surface area contributed by atoms with E-state index in [0.29, 0.717) is 26.5 Å². The Hall–Kier alpha value is -2.63. The standard InChI is InChI=1S/C15H10BrN5OS/c16-8-2-1-3-9(5-8)20-14(22)12-11(18)10-4-7(6-17)13(19)21-15(10)23-12/h1-5H,18H2,(H2,19,21)(H,20,22). The summed E-state index contributed by atoms with van der Waals surface area (Å²) in [6, 6.07) is 10.7. The fourth-order valence-electron chi connectivity index (χ4n) is 2.07. The molecule has 23 heavy (non-hydrogen) atoms. The number of benzene rings is 1. The van der Waals surface area contributed by atoms with Crippen LogP contribution in [-0.2, 0) is 0 Å². The number of fused-ring (bicyclic) bond motifs is 1. The third-order valence-corrected chi connectivity index (χ3v) is 4.77. The molecule has 3 rings (SSSR count). The first-order valence-corrected chi connectivity index (χ1v) is 8.06. The summed E-state index contributed by atoms with van der Waals surface area (Å²) < 4.78 is 0.854. The van der Waals surface area contributed by atoms with Gasteiger partial charge in [0.2, 0.25) is 0 Å². The summed E-state index contributed by atoms with van der Waals surface area (Å²) in [6.45, 7) is 0. The van der Waals surface area contributed by atoms with Gasteiger partial charge in [-0.15, -0.1) is 11.3 Å². The Bertz CT molecular complexity index is 976. The lowest BCUT2D eigenvalue weighted by molar-refractivity contribution is 0.103. The molecular weight excluding hydrogens is 378 g/mol. The molecule has 0 fully saturated rings. The van der Waals surface area contributed by atoms with Crippen molar-refractivity contribution in [3.8, 4) is 6.07 Å². The summed E-state index contributed by atoms with van der Waals surface area (Å²) >= 11 is 4.49. The molecule has 0 bridgehead atoms. The van der Waals surface area contributed by atoms with E-state index in [1.807, 2.05) is 18.2 Å². The number of nitrogens with zero attached hydrogens (tertiary/aromatic N) is 2. The van der Waals surface area contributed by atoms with Crippen LogP contribution in [0.5, 0.6) is 0 Å².